The molecule has 0 spiro atoms. The van der Waals surface area contributed by atoms with Crippen LogP contribution in [-0.4, -0.2) is 14.3 Å². The van der Waals surface area contributed by atoms with Crippen LogP contribution in [0.25, 0.3) is 0 Å². The van der Waals surface area contributed by atoms with Crippen molar-refractivity contribution >= 4 is 25.6 Å². The van der Waals surface area contributed by atoms with Gasteiger partial charge in [-0.05, 0) is 49.3 Å². The highest BCUT2D eigenvalue weighted by Gasteiger charge is 2.56. The Morgan fingerprint density at radius 2 is 1.81 bits per heavy atom. The van der Waals surface area contributed by atoms with Crippen molar-refractivity contribution in [3.05, 3.63) is 29.8 Å². The molecule has 2 aliphatic rings. The number of carbonyl (C=O) groups is 1. The molecular formula is C15H18ClNO3S. The number of rotatable bonds is 4. The summed E-state index contributed by atoms with van der Waals surface area (Å²) in [6, 6.07) is 6.17. The van der Waals surface area contributed by atoms with E-state index in [1.54, 1.807) is 12.1 Å². The van der Waals surface area contributed by atoms with Crippen LogP contribution in [0.4, 0.5) is 0 Å². The zero-order chi connectivity index (χ0) is 15.2. The molecule has 0 saturated heterocycles. The predicted molar refractivity (Wildman–Crippen MR) is 80.4 cm³/mol. The van der Waals surface area contributed by atoms with Gasteiger partial charge in [0.2, 0.25) is 5.91 Å². The van der Waals surface area contributed by atoms with Crippen molar-refractivity contribution in [3.63, 3.8) is 0 Å². The molecule has 21 heavy (non-hydrogen) atoms. The molecule has 2 fully saturated rings. The van der Waals surface area contributed by atoms with Crippen LogP contribution in [0, 0.1) is 17.8 Å². The Kier molecular flexibility index (Phi) is 3.74. The number of nitrogens with one attached hydrogen (secondary N) is 1. The summed E-state index contributed by atoms with van der Waals surface area (Å²) < 4.78 is 22.4. The normalized spacial score (nSPS) is 28.8. The van der Waals surface area contributed by atoms with Gasteiger partial charge in [-0.2, -0.15) is 0 Å². The number of carbonyl (C=O) groups excluding carboxylic acids is 1. The number of hydrogen-bond donors (Lipinski definition) is 1. The molecule has 2 saturated carbocycles. The molecule has 0 radical (unpaired) electrons. The second-order valence-electron chi connectivity index (χ2n) is 6.02. The zero-order valence-electron chi connectivity index (χ0n) is 11.8. The Labute approximate surface area is 129 Å². The summed E-state index contributed by atoms with van der Waals surface area (Å²) in [5.74, 6) is 1.52. The molecule has 0 aliphatic heterocycles. The molecular weight excluding hydrogens is 310 g/mol. The smallest absolute Gasteiger partial charge is 0.261 e. The first-order valence-corrected chi connectivity index (χ1v) is 9.54. The first-order valence-electron chi connectivity index (χ1n) is 7.23. The van der Waals surface area contributed by atoms with Gasteiger partial charge in [0.25, 0.3) is 9.05 Å². The first-order chi connectivity index (χ1) is 9.88. The lowest BCUT2D eigenvalue weighted by molar-refractivity contribution is -0.123. The molecule has 2 aliphatic carbocycles. The minimum absolute atomic E-state index is 0.0724. The molecule has 0 heterocycles. The Morgan fingerprint density at radius 1 is 1.24 bits per heavy atom. The highest BCUT2D eigenvalue weighted by atomic mass is 35.7. The van der Waals surface area contributed by atoms with E-state index in [4.69, 9.17) is 10.7 Å². The third kappa shape index (κ3) is 2.94. The van der Waals surface area contributed by atoms with E-state index in [-0.39, 0.29) is 22.8 Å². The number of hydrogen-bond acceptors (Lipinski definition) is 3. The number of fused-ring (bicyclic) bond motifs is 1. The van der Waals surface area contributed by atoms with Crippen molar-refractivity contribution in [2.75, 3.05) is 0 Å². The average Bonchev–Trinajstić information content (AvgIpc) is 2.92. The maximum atomic E-state index is 12.2. The molecule has 0 aromatic heterocycles. The average molecular weight is 328 g/mol. The maximum Gasteiger partial charge on any atom is 0.261 e. The van der Waals surface area contributed by atoms with E-state index in [2.05, 4.69) is 5.32 Å². The van der Waals surface area contributed by atoms with E-state index in [9.17, 15) is 13.2 Å². The molecule has 3 rings (SSSR count). The van der Waals surface area contributed by atoms with Crippen molar-refractivity contribution in [3.8, 4) is 0 Å². The Balaban J connectivity index is 1.63. The Morgan fingerprint density at radius 3 is 2.33 bits per heavy atom. The van der Waals surface area contributed by atoms with Crippen LogP contribution in [0.3, 0.4) is 0 Å². The molecule has 1 N–H and O–H groups in total. The van der Waals surface area contributed by atoms with Crippen LogP contribution in [0.15, 0.2) is 29.2 Å². The van der Waals surface area contributed by atoms with E-state index in [1.165, 1.54) is 31.4 Å². The lowest BCUT2D eigenvalue weighted by atomic mass is 10.1. The molecule has 1 amide bonds. The van der Waals surface area contributed by atoms with Gasteiger partial charge in [0.15, 0.2) is 0 Å². The third-order valence-electron chi connectivity index (χ3n) is 4.73. The molecule has 1 aromatic rings. The van der Waals surface area contributed by atoms with E-state index in [0.29, 0.717) is 11.8 Å². The van der Waals surface area contributed by atoms with Gasteiger partial charge in [0, 0.05) is 16.6 Å². The van der Waals surface area contributed by atoms with Crippen molar-refractivity contribution in [2.45, 2.75) is 37.1 Å². The number of benzene rings is 1. The van der Waals surface area contributed by atoms with Crippen molar-refractivity contribution in [1.29, 1.82) is 0 Å². The monoisotopic (exact) mass is 327 g/mol. The summed E-state index contributed by atoms with van der Waals surface area (Å²) in [5.41, 5.74) is 0.873. The molecule has 3 atom stereocenters. The number of amides is 1. The lowest BCUT2D eigenvalue weighted by Crippen LogP contribution is -2.29. The summed E-state index contributed by atoms with van der Waals surface area (Å²) >= 11 is 0. The quantitative estimate of drug-likeness (QED) is 0.865. The predicted octanol–water partition coefficient (Wildman–Crippen LogP) is 2.84. The standard InChI is InChI=1S/C15H18ClNO3S/c1-9(10-5-7-11(8-6-10)21(16,19)20)17-15(18)14-12-3-2-4-13(12)14/h5-9,12-14H,2-4H2,1H3,(H,17,18). The summed E-state index contributed by atoms with van der Waals surface area (Å²) in [7, 11) is 1.58. The van der Waals surface area contributed by atoms with Crippen molar-refractivity contribution < 1.29 is 13.2 Å². The van der Waals surface area contributed by atoms with Gasteiger partial charge in [-0.1, -0.05) is 18.6 Å². The highest BCUT2D eigenvalue weighted by Crippen LogP contribution is 2.57. The minimum atomic E-state index is -3.70. The molecule has 4 nitrogen and oxygen atoms in total. The second kappa shape index (κ2) is 5.29. The molecule has 0 bridgehead atoms. The van der Waals surface area contributed by atoms with E-state index >= 15 is 0 Å². The Bertz CT molecular complexity index is 646. The van der Waals surface area contributed by atoms with Crippen LogP contribution in [0.2, 0.25) is 0 Å². The summed E-state index contributed by atoms with van der Waals surface area (Å²) in [6.45, 7) is 1.90. The lowest BCUT2D eigenvalue weighted by Gasteiger charge is -2.15. The first kappa shape index (κ1) is 14.9. The molecule has 114 valence electrons. The Hall–Kier alpha value is -1.07. The van der Waals surface area contributed by atoms with E-state index < -0.39 is 9.05 Å². The van der Waals surface area contributed by atoms with E-state index in [0.717, 1.165) is 5.56 Å². The minimum Gasteiger partial charge on any atom is -0.349 e. The maximum absolute atomic E-state index is 12.2. The van der Waals surface area contributed by atoms with Crippen LogP contribution in [0.1, 0.15) is 37.8 Å². The number of halogens is 1. The van der Waals surface area contributed by atoms with E-state index in [1.807, 2.05) is 6.92 Å². The van der Waals surface area contributed by atoms with Crippen LogP contribution >= 0.6 is 10.7 Å². The van der Waals surface area contributed by atoms with Gasteiger partial charge in [0.05, 0.1) is 10.9 Å². The molecule has 1 aromatic carbocycles. The third-order valence-corrected chi connectivity index (χ3v) is 6.10. The van der Waals surface area contributed by atoms with Gasteiger partial charge >= 0.3 is 0 Å². The zero-order valence-corrected chi connectivity index (χ0v) is 13.3. The van der Waals surface area contributed by atoms with Crippen LogP contribution in [0.5, 0.6) is 0 Å². The fourth-order valence-corrected chi connectivity index (χ4v) is 4.29. The van der Waals surface area contributed by atoms with Gasteiger partial charge < -0.3 is 5.32 Å². The fourth-order valence-electron chi connectivity index (χ4n) is 3.52. The van der Waals surface area contributed by atoms with Gasteiger partial charge in [-0.25, -0.2) is 8.42 Å². The fraction of sp³-hybridized carbons (Fsp3) is 0.533. The molecule has 3 unspecified atom stereocenters. The summed E-state index contributed by atoms with van der Waals surface area (Å²) in [5, 5.41) is 3.02. The van der Waals surface area contributed by atoms with Crippen molar-refractivity contribution in [1.82, 2.24) is 5.32 Å². The summed E-state index contributed by atoms with van der Waals surface area (Å²) in [6.07, 6.45) is 3.61. The molecule has 6 heteroatoms. The SMILES string of the molecule is CC(NC(=O)C1C2CCCC21)c1ccc(S(=O)(=O)Cl)cc1. The van der Waals surface area contributed by atoms with Crippen LogP contribution in [-0.2, 0) is 13.8 Å². The van der Waals surface area contributed by atoms with Crippen LogP contribution < -0.4 is 5.32 Å². The van der Waals surface area contributed by atoms with Gasteiger partial charge in [-0.15, -0.1) is 0 Å². The van der Waals surface area contributed by atoms with Gasteiger partial charge in [0.1, 0.15) is 0 Å². The highest BCUT2D eigenvalue weighted by molar-refractivity contribution is 8.13. The largest absolute Gasteiger partial charge is 0.349 e. The van der Waals surface area contributed by atoms with Gasteiger partial charge in [-0.3, -0.25) is 4.79 Å². The second-order valence-corrected chi connectivity index (χ2v) is 8.59. The topological polar surface area (TPSA) is 63.2 Å². The summed E-state index contributed by atoms with van der Waals surface area (Å²) in [4.78, 5) is 12.3. The van der Waals surface area contributed by atoms with Crippen molar-refractivity contribution in [2.24, 2.45) is 17.8 Å².